The molecule has 3 aromatic carbocycles. The van der Waals surface area contributed by atoms with E-state index in [0.717, 1.165) is 30.6 Å². The zero-order valence-corrected chi connectivity index (χ0v) is 21.1. The number of fused-ring (bicyclic) bond motifs is 2. The Kier molecular flexibility index (Phi) is 6.11. The molecule has 0 heterocycles. The van der Waals surface area contributed by atoms with Gasteiger partial charge in [0.2, 0.25) is 0 Å². The third-order valence-electron chi connectivity index (χ3n) is 7.73. The fraction of sp³-hybridized carbons (Fsp3) is 0.235. The molecule has 5 rings (SSSR count). The first-order chi connectivity index (χ1) is 17.0. The summed E-state index contributed by atoms with van der Waals surface area (Å²) in [5, 5.41) is 0. The fourth-order valence-electron chi connectivity index (χ4n) is 6.08. The van der Waals surface area contributed by atoms with Gasteiger partial charge in [0.05, 0.1) is 12.5 Å². The lowest BCUT2D eigenvalue weighted by Crippen LogP contribution is -2.30. The van der Waals surface area contributed by atoms with Gasteiger partial charge in [-0.2, -0.15) is 0 Å². The summed E-state index contributed by atoms with van der Waals surface area (Å²) in [6.07, 6.45) is 11.4. The summed E-state index contributed by atoms with van der Waals surface area (Å²) in [6, 6.07) is 22.8. The predicted octanol–water partition coefficient (Wildman–Crippen LogP) is 8.16. The number of benzene rings is 3. The Labute approximate surface area is 210 Å². The van der Waals surface area contributed by atoms with Crippen molar-refractivity contribution >= 4 is 5.57 Å². The third kappa shape index (κ3) is 3.62. The van der Waals surface area contributed by atoms with Gasteiger partial charge in [-0.3, -0.25) is 0 Å². The summed E-state index contributed by atoms with van der Waals surface area (Å²) in [5.74, 6) is 1.44. The number of methoxy groups -OCH3 is 1. The lowest BCUT2D eigenvalue weighted by atomic mass is 9.65. The van der Waals surface area contributed by atoms with Crippen LogP contribution in [0.1, 0.15) is 52.3 Å². The number of allylic oxidation sites excluding steroid dienone is 6. The molecule has 3 aromatic rings. The molecule has 0 bridgehead atoms. The second kappa shape index (κ2) is 9.23. The minimum atomic E-state index is -0.381. The van der Waals surface area contributed by atoms with E-state index in [1.54, 1.807) is 7.11 Å². The highest BCUT2D eigenvalue weighted by atomic mass is 16.5. The first-order valence-corrected chi connectivity index (χ1v) is 12.6. The molecule has 176 valence electrons. The normalized spacial score (nSPS) is 20.4. The molecule has 0 radical (unpaired) electrons. The van der Waals surface area contributed by atoms with E-state index in [1.165, 1.54) is 44.5 Å². The van der Waals surface area contributed by atoms with Crippen molar-refractivity contribution in [1.29, 1.82) is 0 Å². The maximum Gasteiger partial charge on any atom is 0.122 e. The Morgan fingerprint density at radius 2 is 1.63 bits per heavy atom. The van der Waals surface area contributed by atoms with Crippen LogP contribution < -0.4 is 4.74 Å². The van der Waals surface area contributed by atoms with Crippen molar-refractivity contribution in [1.82, 2.24) is 0 Å². The van der Waals surface area contributed by atoms with Gasteiger partial charge in [-0.15, -0.1) is 13.2 Å². The first-order valence-electron chi connectivity index (χ1n) is 12.6. The quantitative estimate of drug-likeness (QED) is 0.325. The lowest BCUT2D eigenvalue weighted by Gasteiger charge is -2.36. The van der Waals surface area contributed by atoms with Crippen molar-refractivity contribution in [2.24, 2.45) is 5.92 Å². The highest BCUT2D eigenvalue weighted by Crippen LogP contribution is 2.57. The molecule has 0 amide bonds. The molecule has 0 saturated carbocycles. The van der Waals surface area contributed by atoms with E-state index >= 15 is 0 Å². The van der Waals surface area contributed by atoms with Crippen LogP contribution in [0.2, 0.25) is 0 Å². The Hall–Kier alpha value is -3.58. The number of ether oxygens (including phenoxy) is 1. The molecule has 1 heteroatoms. The molecule has 0 aliphatic heterocycles. The smallest absolute Gasteiger partial charge is 0.122 e. The van der Waals surface area contributed by atoms with Crippen LogP contribution in [0.4, 0.5) is 0 Å². The van der Waals surface area contributed by atoms with Crippen LogP contribution >= 0.6 is 0 Å². The van der Waals surface area contributed by atoms with Crippen molar-refractivity contribution in [2.75, 3.05) is 7.11 Å². The maximum atomic E-state index is 5.73. The first kappa shape index (κ1) is 23.2. The molecule has 0 fully saturated rings. The zero-order chi connectivity index (χ0) is 24.6. The van der Waals surface area contributed by atoms with E-state index in [9.17, 15) is 0 Å². The van der Waals surface area contributed by atoms with Crippen LogP contribution in [0.25, 0.3) is 5.57 Å². The molecule has 2 atom stereocenters. The van der Waals surface area contributed by atoms with Gasteiger partial charge in [-0.25, -0.2) is 0 Å². The number of hydrogen-bond acceptors (Lipinski definition) is 1. The highest BCUT2D eigenvalue weighted by Gasteiger charge is 2.47. The van der Waals surface area contributed by atoms with Crippen LogP contribution in [0.3, 0.4) is 0 Å². The molecule has 35 heavy (non-hydrogen) atoms. The number of hydrogen-bond donors (Lipinski definition) is 0. The van der Waals surface area contributed by atoms with Gasteiger partial charge in [0.25, 0.3) is 0 Å². The summed E-state index contributed by atoms with van der Waals surface area (Å²) in [7, 11) is 1.75. The summed E-state index contributed by atoms with van der Waals surface area (Å²) >= 11 is 0. The lowest BCUT2D eigenvalue weighted by molar-refractivity contribution is 0.410. The number of aryl methyl sites for hydroxylation is 1. The Bertz CT molecular complexity index is 1370. The Morgan fingerprint density at radius 3 is 2.37 bits per heavy atom. The van der Waals surface area contributed by atoms with E-state index in [-0.39, 0.29) is 5.41 Å². The molecular weight excluding hydrogens is 424 g/mol. The minimum Gasteiger partial charge on any atom is -0.496 e. The van der Waals surface area contributed by atoms with E-state index in [0.29, 0.717) is 5.92 Å². The van der Waals surface area contributed by atoms with Crippen molar-refractivity contribution in [3.8, 4) is 5.75 Å². The van der Waals surface area contributed by atoms with E-state index in [1.807, 2.05) is 12.2 Å². The maximum absolute atomic E-state index is 5.73. The number of rotatable bonds is 7. The van der Waals surface area contributed by atoms with Gasteiger partial charge in [-0.1, -0.05) is 85.8 Å². The second-order valence-electron chi connectivity index (χ2n) is 9.88. The molecule has 2 aliphatic rings. The van der Waals surface area contributed by atoms with Gasteiger partial charge in [0, 0.05) is 0 Å². The van der Waals surface area contributed by atoms with Crippen molar-refractivity contribution in [2.45, 2.75) is 38.5 Å². The van der Waals surface area contributed by atoms with Gasteiger partial charge in [0.15, 0.2) is 0 Å². The van der Waals surface area contributed by atoms with Gasteiger partial charge in [-0.05, 0) is 88.3 Å². The minimum absolute atomic E-state index is 0.381. The van der Waals surface area contributed by atoms with E-state index in [2.05, 4.69) is 99.8 Å². The summed E-state index contributed by atoms with van der Waals surface area (Å²) < 4.78 is 5.73. The molecule has 2 aliphatic carbocycles. The zero-order valence-electron chi connectivity index (χ0n) is 21.1. The Balaban J connectivity index is 1.89. The highest BCUT2D eigenvalue weighted by molar-refractivity contribution is 5.88. The average Bonchev–Trinajstić information content (AvgIpc) is 3.16. The van der Waals surface area contributed by atoms with Gasteiger partial charge >= 0.3 is 0 Å². The third-order valence-corrected chi connectivity index (χ3v) is 7.73. The fourth-order valence-corrected chi connectivity index (χ4v) is 6.08. The SMILES string of the molecule is C=CCc1cc([C@]2(c3ccc(OC)c(CC=C)c3)C3=C(CC(C)C=C3)c3ccccc32)ccc1C. The van der Waals surface area contributed by atoms with Crippen molar-refractivity contribution in [3.05, 3.63) is 143 Å². The summed E-state index contributed by atoms with van der Waals surface area (Å²) in [4.78, 5) is 0. The molecule has 1 unspecified atom stereocenters. The molecule has 0 saturated heterocycles. The van der Waals surface area contributed by atoms with E-state index < -0.39 is 0 Å². The van der Waals surface area contributed by atoms with Crippen molar-refractivity contribution < 1.29 is 4.74 Å². The molecule has 0 aromatic heterocycles. The van der Waals surface area contributed by atoms with Crippen molar-refractivity contribution in [3.63, 3.8) is 0 Å². The van der Waals surface area contributed by atoms with Crippen LogP contribution in [0.5, 0.6) is 5.75 Å². The van der Waals surface area contributed by atoms with Gasteiger partial charge < -0.3 is 4.74 Å². The predicted molar refractivity (Wildman–Crippen MR) is 148 cm³/mol. The molecule has 0 N–H and O–H groups in total. The van der Waals surface area contributed by atoms with Crippen LogP contribution in [0, 0.1) is 12.8 Å². The van der Waals surface area contributed by atoms with Gasteiger partial charge in [0.1, 0.15) is 5.75 Å². The summed E-state index contributed by atoms with van der Waals surface area (Å²) in [6.45, 7) is 12.5. The largest absolute Gasteiger partial charge is 0.496 e. The summed E-state index contributed by atoms with van der Waals surface area (Å²) in [5.41, 5.74) is 11.6. The average molecular weight is 459 g/mol. The van der Waals surface area contributed by atoms with Crippen LogP contribution in [-0.4, -0.2) is 7.11 Å². The Morgan fingerprint density at radius 1 is 0.943 bits per heavy atom. The van der Waals surface area contributed by atoms with Crippen LogP contribution in [0.15, 0.2) is 104 Å². The molecular formula is C34H34O. The molecule has 1 nitrogen and oxygen atoms in total. The molecule has 0 spiro atoms. The standard InChI is InChI=1S/C34H34O/c1-6-10-25-21-27(16-15-24(25)4)34(28-17-19-33(35-5)26(22-28)11-7-2)31-13-9-8-12-29(31)30-20-23(3)14-18-32(30)34/h6-9,12-19,21-23H,1-2,10-11,20H2,3-5H3/t23?,34-/m1/s1. The van der Waals surface area contributed by atoms with E-state index in [4.69, 9.17) is 4.74 Å². The topological polar surface area (TPSA) is 9.23 Å². The second-order valence-corrected chi connectivity index (χ2v) is 9.88. The monoisotopic (exact) mass is 458 g/mol. The van der Waals surface area contributed by atoms with Crippen LogP contribution in [-0.2, 0) is 18.3 Å².